The van der Waals surface area contributed by atoms with Crippen LogP contribution >= 0.6 is 0 Å². The fraction of sp³-hybridized carbons (Fsp3) is 0.167. The molecule has 0 spiro atoms. The Morgan fingerprint density at radius 1 is 0.968 bits per heavy atom. The van der Waals surface area contributed by atoms with Crippen molar-refractivity contribution in [1.82, 2.24) is 14.3 Å². The van der Waals surface area contributed by atoms with Crippen LogP contribution < -0.4 is 5.56 Å². The summed E-state index contributed by atoms with van der Waals surface area (Å²) in [5.41, 5.74) is 3.70. The average Bonchev–Trinajstić information content (AvgIpc) is 2.78. The number of rotatable bonds is 6. The second-order valence-electron chi connectivity index (χ2n) is 7.54. The molecule has 0 unspecified atom stereocenters. The number of hydrogen-bond acceptors (Lipinski definition) is 4. The molecule has 2 aromatic heterocycles. The molecule has 0 aliphatic heterocycles. The highest BCUT2D eigenvalue weighted by Gasteiger charge is 2.26. The van der Waals surface area contributed by atoms with Gasteiger partial charge in [0.2, 0.25) is 10.0 Å². The normalized spacial score (nSPS) is 11.8. The smallest absolute Gasteiger partial charge is 0.252 e. The third-order valence-electron chi connectivity index (χ3n) is 5.44. The number of pyridine rings is 2. The van der Waals surface area contributed by atoms with E-state index in [4.69, 9.17) is 0 Å². The topological polar surface area (TPSA) is 83.1 Å². The summed E-state index contributed by atoms with van der Waals surface area (Å²) in [5, 5.41) is 0.871. The number of H-pyrrole nitrogens is 1. The standard InChI is InChI=1S/C24H23N3O3S/c1-17-10-11-20-13-21(24(28)26-23(20)18(17)2)16-27(15-19-7-6-12-25-14-19)31(29,30)22-8-4-3-5-9-22/h3-14H,15-16H2,1-2H3,(H,26,28). The first-order chi connectivity index (χ1) is 14.9. The van der Waals surface area contributed by atoms with Crippen molar-refractivity contribution < 1.29 is 8.42 Å². The number of fused-ring (bicyclic) bond motifs is 1. The minimum absolute atomic E-state index is 0.0513. The summed E-state index contributed by atoms with van der Waals surface area (Å²) in [5.74, 6) is 0. The molecule has 7 heteroatoms. The quantitative estimate of drug-likeness (QED) is 0.499. The van der Waals surface area contributed by atoms with E-state index in [-0.39, 0.29) is 23.5 Å². The molecule has 1 N–H and O–H groups in total. The predicted octanol–water partition coefficient (Wildman–Crippen LogP) is 3.93. The molecule has 158 valence electrons. The number of aromatic amines is 1. The van der Waals surface area contributed by atoms with E-state index >= 15 is 0 Å². The largest absolute Gasteiger partial charge is 0.321 e. The zero-order valence-corrected chi connectivity index (χ0v) is 18.2. The van der Waals surface area contributed by atoms with Crippen LogP contribution in [0.15, 0.2) is 82.7 Å². The third kappa shape index (κ3) is 4.28. The molecule has 0 radical (unpaired) electrons. The van der Waals surface area contributed by atoms with Gasteiger partial charge >= 0.3 is 0 Å². The summed E-state index contributed by atoms with van der Waals surface area (Å²) in [7, 11) is -3.83. The SMILES string of the molecule is Cc1ccc2cc(CN(Cc3cccnc3)S(=O)(=O)c3ccccc3)c(=O)[nH]c2c1C. The molecule has 0 amide bonds. The van der Waals surface area contributed by atoms with Gasteiger partial charge in [-0.3, -0.25) is 9.78 Å². The van der Waals surface area contributed by atoms with Gasteiger partial charge in [-0.2, -0.15) is 4.31 Å². The molecule has 6 nitrogen and oxygen atoms in total. The number of benzene rings is 2. The van der Waals surface area contributed by atoms with Gasteiger partial charge < -0.3 is 4.98 Å². The maximum atomic E-state index is 13.4. The van der Waals surface area contributed by atoms with Crippen molar-refractivity contribution in [1.29, 1.82) is 0 Å². The maximum absolute atomic E-state index is 13.4. The molecule has 0 aliphatic carbocycles. The van der Waals surface area contributed by atoms with Gasteiger partial charge in [-0.05, 0) is 60.2 Å². The maximum Gasteiger partial charge on any atom is 0.252 e. The molecule has 0 aliphatic rings. The fourth-order valence-corrected chi connectivity index (χ4v) is 4.97. The molecule has 4 rings (SSSR count). The molecule has 0 atom stereocenters. The zero-order chi connectivity index (χ0) is 22.0. The number of nitrogens with one attached hydrogen (secondary N) is 1. The highest BCUT2D eigenvalue weighted by Crippen LogP contribution is 2.23. The molecular formula is C24H23N3O3S. The van der Waals surface area contributed by atoms with Gasteiger partial charge in [-0.1, -0.05) is 36.4 Å². The van der Waals surface area contributed by atoms with E-state index in [0.717, 1.165) is 27.6 Å². The van der Waals surface area contributed by atoms with Crippen molar-refractivity contribution in [3.63, 3.8) is 0 Å². The summed E-state index contributed by atoms with van der Waals surface area (Å²) in [4.78, 5) is 20.1. The molecule has 0 bridgehead atoms. The molecule has 0 saturated heterocycles. The van der Waals surface area contributed by atoms with Crippen molar-refractivity contribution in [3.8, 4) is 0 Å². The first kappa shape index (κ1) is 21.0. The monoisotopic (exact) mass is 433 g/mol. The number of nitrogens with zero attached hydrogens (tertiary/aromatic N) is 2. The second kappa shape index (κ2) is 8.45. The molecule has 2 heterocycles. The van der Waals surface area contributed by atoms with E-state index < -0.39 is 10.0 Å². The van der Waals surface area contributed by atoms with E-state index in [0.29, 0.717) is 5.56 Å². The van der Waals surface area contributed by atoms with Gasteiger partial charge in [0.15, 0.2) is 0 Å². The average molecular weight is 434 g/mol. The van der Waals surface area contributed by atoms with Gasteiger partial charge in [-0.15, -0.1) is 0 Å². The van der Waals surface area contributed by atoms with Crippen LogP contribution in [0.4, 0.5) is 0 Å². The molecule has 0 fully saturated rings. The van der Waals surface area contributed by atoms with E-state index in [1.165, 1.54) is 4.31 Å². The lowest BCUT2D eigenvalue weighted by molar-refractivity contribution is 0.399. The lowest BCUT2D eigenvalue weighted by Gasteiger charge is -2.22. The van der Waals surface area contributed by atoms with E-state index in [2.05, 4.69) is 9.97 Å². The molecule has 4 aromatic rings. The minimum Gasteiger partial charge on any atom is -0.321 e. The van der Waals surface area contributed by atoms with Crippen LogP contribution in [-0.4, -0.2) is 22.7 Å². The van der Waals surface area contributed by atoms with Crippen LogP contribution in [0.1, 0.15) is 22.3 Å². The minimum atomic E-state index is -3.83. The van der Waals surface area contributed by atoms with Gasteiger partial charge in [0.05, 0.1) is 10.4 Å². The summed E-state index contributed by atoms with van der Waals surface area (Å²) < 4.78 is 28.1. The summed E-state index contributed by atoms with van der Waals surface area (Å²) in [6, 6.07) is 17.5. The Hall–Kier alpha value is -3.29. The molecule has 0 saturated carbocycles. The van der Waals surface area contributed by atoms with Gasteiger partial charge in [-0.25, -0.2) is 8.42 Å². The Morgan fingerprint density at radius 2 is 1.74 bits per heavy atom. The lowest BCUT2D eigenvalue weighted by atomic mass is 10.0. The Kier molecular flexibility index (Phi) is 5.71. The Morgan fingerprint density at radius 3 is 2.45 bits per heavy atom. The fourth-order valence-electron chi connectivity index (χ4n) is 3.54. The van der Waals surface area contributed by atoms with Gasteiger partial charge in [0.25, 0.3) is 5.56 Å². The number of aromatic nitrogens is 2. The number of aryl methyl sites for hydroxylation is 2. The molecule has 2 aromatic carbocycles. The Balaban J connectivity index is 1.78. The lowest BCUT2D eigenvalue weighted by Crippen LogP contribution is -2.32. The van der Waals surface area contributed by atoms with E-state index in [9.17, 15) is 13.2 Å². The van der Waals surface area contributed by atoms with Crippen molar-refractivity contribution in [2.45, 2.75) is 31.8 Å². The second-order valence-corrected chi connectivity index (χ2v) is 9.48. The van der Waals surface area contributed by atoms with Gasteiger partial charge in [0, 0.05) is 31.0 Å². The Labute approximate surface area is 181 Å². The Bertz CT molecular complexity index is 1380. The van der Waals surface area contributed by atoms with Crippen molar-refractivity contribution in [2.24, 2.45) is 0 Å². The zero-order valence-electron chi connectivity index (χ0n) is 17.4. The summed E-state index contributed by atoms with van der Waals surface area (Å²) in [6.45, 7) is 4.00. The molecular weight excluding hydrogens is 410 g/mol. The number of sulfonamides is 1. The predicted molar refractivity (Wildman–Crippen MR) is 121 cm³/mol. The summed E-state index contributed by atoms with van der Waals surface area (Å²) in [6.07, 6.45) is 3.27. The van der Waals surface area contributed by atoms with Crippen LogP contribution in [0.3, 0.4) is 0 Å². The first-order valence-electron chi connectivity index (χ1n) is 9.92. The van der Waals surface area contributed by atoms with Crippen LogP contribution in [-0.2, 0) is 23.1 Å². The van der Waals surface area contributed by atoms with E-state index in [1.54, 1.807) is 54.9 Å². The van der Waals surface area contributed by atoms with Crippen LogP contribution in [0, 0.1) is 13.8 Å². The van der Waals surface area contributed by atoms with Gasteiger partial charge in [0.1, 0.15) is 0 Å². The van der Waals surface area contributed by atoms with Crippen LogP contribution in [0.2, 0.25) is 0 Å². The molecule has 31 heavy (non-hydrogen) atoms. The van der Waals surface area contributed by atoms with Crippen molar-refractivity contribution >= 4 is 20.9 Å². The highest BCUT2D eigenvalue weighted by molar-refractivity contribution is 7.89. The summed E-state index contributed by atoms with van der Waals surface area (Å²) >= 11 is 0. The number of hydrogen-bond donors (Lipinski definition) is 1. The van der Waals surface area contributed by atoms with E-state index in [1.807, 2.05) is 32.0 Å². The highest BCUT2D eigenvalue weighted by atomic mass is 32.2. The van der Waals surface area contributed by atoms with Crippen LogP contribution in [0.25, 0.3) is 10.9 Å². The van der Waals surface area contributed by atoms with Crippen LogP contribution in [0.5, 0.6) is 0 Å². The van der Waals surface area contributed by atoms with Crippen molar-refractivity contribution in [3.05, 3.63) is 106 Å². The van der Waals surface area contributed by atoms with Crippen molar-refractivity contribution in [2.75, 3.05) is 0 Å². The third-order valence-corrected chi connectivity index (χ3v) is 7.24. The first-order valence-corrected chi connectivity index (χ1v) is 11.4.